The minimum Gasteiger partial charge on any atom is -0.389 e. The molecule has 1 aromatic rings. The summed E-state index contributed by atoms with van der Waals surface area (Å²) in [5.74, 6) is 0. The lowest BCUT2D eigenvalue weighted by Crippen LogP contribution is -2.41. The molecule has 18 heavy (non-hydrogen) atoms. The third-order valence-electron chi connectivity index (χ3n) is 3.06. The summed E-state index contributed by atoms with van der Waals surface area (Å²) in [4.78, 5) is 2.29. The predicted molar refractivity (Wildman–Crippen MR) is 76.4 cm³/mol. The van der Waals surface area contributed by atoms with Gasteiger partial charge in [0.05, 0.1) is 5.60 Å². The Hall–Kier alpha value is -0.900. The maximum Gasteiger partial charge on any atom is 0.0718 e. The molecule has 3 nitrogen and oxygen atoms in total. The molecule has 1 unspecified atom stereocenters. The van der Waals surface area contributed by atoms with Crippen molar-refractivity contribution in [2.24, 2.45) is 5.73 Å². The van der Waals surface area contributed by atoms with Gasteiger partial charge in [0.15, 0.2) is 0 Å². The van der Waals surface area contributed by atoms with Gasteiger partial charge in [-0.15, -0.1) is 0 Å². The number of rotatable bonds is 7. The van der Waals surface area contributed by atoms with Crippen LogP contribution in [-0.4, -0.2) is 35.2 Å². The van der Waals surface area contributed by atoms with E-state index in [4.69, 9.17) is 5.73 Å². The Morgan fingerprint density at radius 2 is 1.89 bits per heavy atom. The Balaban J connectivity index is 2.88. The van der Waals surface area contributed by atoms with E-state index in [0.717, 1.165) is 13.0 Å². The van der Waals surface area contributed by atoms with Gasteiger partial charge in [-0.05, 0) is 38.9 Å². The summed E-state index contributed by atoms with van der Waals surface area (Å²) < 4.78 is 0. The van der Waals surface area contributed by atoms with Crippen molar-refractivity contribution in [3.8, 4) is 0 Å². The molecular formula is C15H26N2O. The van der Waals surface area contributed by atoms with Gasteiger partial charge in [0.25, 0.3) is 0 Å². The number of aliphatic hydroxyl groups is 1. The third-order valence-corrected chi connectivity index (χ3v) is 3.06. The summed E-state index contributed by atoms with van der Waals surface area (Å²) in [5.41, 5.74) is 6.32. The zero-order valence-electron chi connectivity index (χ0n) is 11.8. The van der Waals surface area contributed by atoms with Crippen LogP contribution in [0.15, 0.2) is 30.3 Å². The highest BCUT2D eigenvalue weighted by atomic mass is 16.3. The van der Waals surface area contributed by atoms with Gasteiger partial charge in [-0.2, -0.15) is 0 Å². The van der Waals surface area contributed by atoms with Crippen LogP contribution in [0.2, 0.25) is 0 Å². The number of hydrogen-bond donors (Lipinski definition) is 2. The van der Waals surface area contributed by atoms with Crippen LogP contribution in [0.5, 0.6) is 0 Å². The smallest absolute Gasteiger partial charge is 0.0718 e. The van der Waals surface area contributed by atoms with E-state index in [0.29, 0.717) is 13.1 Å². The van der Waals surface area contributed by atoms with Gasteiger partial charge in [0, 0.05) is 12.6 Å². The molecule has 0 fully saturated rings. The highest BCUT2D eigenvalue weighted by Gasteiger charge is 2.24. The molecule has 1 atom stereocenters. The van der Waals surface area contributed by atoms with Crippen molar-refractivity contribution in [3.05, 3.63) is 35.9 Å². The van der Waals surface area contributed by atoms with Crippen molar-refractivity contribution in [2.45, 2.75) is 38.8 Å². The quantitative estimate of drug-likeness (QED) is 0.780. The molecule has 0 aliphatic carbocycles. The molecule has 0 aliphatic rings. The third kappa shape index (κ3) is 4.77. The minimum atomic E-state index is -0.683. The zero-order chi connectivity index (χ0) is 13.6. The van der Waals surface area contributed by atoms with Gasteiger partial charge < -0.3 is 10.8 Å². The van der Waals surface area contributed by atoms with Gasteiger partial charge in [0.2, 0.25) is 0 Å². The summed E-state index contributed by atoms with van der Waals surface area (Å²) >= 11 is 0. The molecular weight excluding hydrogens is 224 g/mol. The van der Waals surface area contributed by atoms with Crippen molar-refractivity contribution in [3.63, 3.8) is 0 Å². The maximum atomic E-state index is 10.0. The lowest BCUT2D eigenvalue weighted by Gasteiger charge is -2.35. The molecule has 0 radical (unpaired) electrons. The second-order valence-corrected chi connectivity index (χ2v) is 5.38. The van der Waals surface area contributed by atoms with E-state index in [2.05, 4.69) is 36.1 Å². The topological polar surface area (TPSA) is 49.5 Å². The van der Waals surface area contributed by atoms with Crippen molar-refractivity contribution < 1.29 is 5.11 Å². The molecule has 102 valence electrons. The monoisotopic (exact) mass is 250 g/mol. The molecule has 3 N–H and O–H groups in total. The number of benzene rings is 1. The minimum absolute atomic E-state index is 0.285. The van der Waals surface area contributed by atoms with Crippen LogP contribution < -0.4 is 5.73 Å². The van der Waals surface area contributed by atoms with E-state index in [9.17, 15) is 5.11 Å². The average molecular weight is 250 g/mol. The summed E-state index contributed by atoms with van der Waals surface area (Å²) in [5, 5.41) is 10.0. The second kappa shape index (κ2) is 6.88. The molecule has 0 amide bonds. The zero-order valence-corrected chi connectivity index (χ0v) is 11.8. The average Bonchev–Trinajstić information content (AvgIpc) is 2.33. The summed E-state index contributed by atoms with van der Waals surface area (Å²) in [6.45, 7) is 8.03. The highest BCUT2D eigenvalue weighted by Crippen LogP contribution is 2.25. The first-order valence-electron chi connectivity index (χ1n) is 6.69. The predicted octanol–water partition coefficient (Wildman–Crippen LogP) is 2.17. The van der Waals surface area contributed by atoms with Crippen molar-refractivity contribution in [1.29, 1.82) is 0 Å². The molecule has 1 rings (SSSR count). The number of likely N-dealkylation sites (N-methyl/N-ethyl adjacent to an activating group) is 1. The first-order valence-corrected chi connectivity index (χ1v) is 6.69. The Morgan fingerprint density at radius 1 is 1.28 bits per heavy atom. The first-order chi connectivity index (χ1) is 8.48. The summed E-state index contributed by atoms with van der Waals surface area (Å²) in [7, 11) is 0. The summed E-state index contributed by atoms with van der Waals surface area (Å²) in [6.07, 6.45) is 0.911. The molecule has 0 aromatic heterocycles. The SMILES string of the molecule is CCN(CC(C)(C)O)C(CCN)c1ccccc1. The Kier molecular flexibility index (Phi) is 5.79. The van der Waals surface area contributed by atoms with Crippen LogP contribution in [0.25, 0.3) is 0 Å². The van der Waals surface area contributed by atoms with Gasteiger partial charge >= 0.3 is 0 Å². The molecule has 0 saturated carbocycles. The largest absolute Gasteiger partial charge is 0.389 e. The molecule has 1 aromatic carbocycles. The van der Waals surface area contributed by atoms with Crippen LogP contribution in [-0.2, 0) is 0 Å². The maximum absolute atomic E-state index is 10.0. The molecule has 0 heterocycles. The fourth-order valence-electron chi connectivity index (χ4n) is 2.33. The van der Waals surface area contributed by atoms with Gasteiger partial charge in [-0.25, -0.2) is 0 Å². The normalized spacial score (nSPS) is 13.9. The molecule has 0 bridgehead atoms. The molecule has 0 saturated heterocycles. The fourth-order valence-corrected chi connectivity index (χ4v) is 2.33. The van der Waals surface area contributed by atoms with E-state index < -0.39 is 5.60 Å². The van der Waals surface area contributed by atoms with Crippen LogP contribution >= 0.6 is 0 Å². The fraction of sp³-hybridized carbons (Fsp3) is 0.600. The molecule has 3 heteroatoms. The standard InChI is InChI=1S/C15H26N2O/c1-4-17(12-15(2,3)18)14(10-11-16)13-8-6-5-7-9-13/h5-9,14,18H,4,10-12,16H2,1-3H3. The van der Waals surface area contributed by atoms with Gasteiger partial charge in [0.1, 0.15) is 0 Å². The van der Waals surface area contributed by atoms with Crippen LogP contribution in [0.3, 0.4) is 0 Å². The Morgan fingerprint density at radius 3 is 2.33 bits per heavy atom. The van der Waals surface area contributed by atoms with E-state index in [-0.39, 0.29) is 6.04 Å². The Labute approximate surface area is 111 Å². The Bertz CT molecular complexity index is 332. The van der Waals surface area contributed by atoms with Gasteiger partial charge in [-0.3, -0.25) is 4.90 Å². The number of nitrogens with zero attached hydrogens (tertiary/aromatic N) is 1. The molecule has 0 aliphatic heterocycles. The lowest BCUT2D eigenvalue weighted by molar-refractivity contribution is 0.0210. The van der Waals surface area contributed by atoms with E-state index in [1.54, 1.807) is 0 Å². The number of nitrogens with two attached hydrogens (primary N) is 1. The van der Waals surface area contributed by atoms with Crippen molar-refractivity contribution in [1.82, 2.24) is 4.90 Å². The highest BCUT2D eigenvalue weighted by molar-refractivity contribution is 5.19. The molecule has 0 spiro atoms. The van der Waals surface area contributed by atoms with E-state index in [1.165, 1.54) is 5.56 Å². The van der Waals surface area contributed by atoms with Gasteiger partial charge in [-0.1, -0.05) is 37.3 Å². The first kappa shape index (κ1) is 15.2. The van der Waals surface area contributed by atoms with Crippen molar-refractivity contribution in [2.75, 3.05) is 19.6 Å². The van der Waals surface area contributed by atoms with E-state index in [1.807, 2.05) is 19.9 Å². The number of hydrogen-bond acceptors (Lipinski definition) is 3. The van der Waals surface area contributed by atoms with Crippen LogP contribution in [0.4, 0.5) is 0 Å². The van der Waals surface area contributed by atoms with Crippen LogP contribution in [0.1, 0.15) is 38.8 Å². The summed E-state index contributed by atoms with van der Waals surface area (Å²) in [6, 6.07) is 10.7. The van der Waals surface area contributed by atoms with Crippen molar-refractivity contribution >= 4 is 0 Å². The lowest BCUT2D eigenvalue weighted by atomic mass is 9.99. The van der Waals surface area contributed by atoms with Crippen LogP contribution in [0, 0.1) is 0 Å². The van der Waals surface area contributed by atoms with E-state index >= 15 is 0 Å². The second-order valence-electron chi connectivity index (χ2n) is 5.38.